The Balaban J connectivity index is 2.02. The van der Waals surface area contributed by atoms with Gasteiger partial charge >= 0.3 is 0 Å². The van der Waals surface area contributed by atoms with E-state index in [0.29, 0.717) is 0 Å². The number of alkyl halides is 2. The first-order chi connectivity index (χ1) is 11.3. The molecule has 0 spiro atoms. The first-order valence-electron chi connectivity index (χ1n) is 7.77. The number of halogens is 2. The van der Waals surface area contributed by atoms with Crippen LogP contribution in [0.4, 0.5) is 17.1 Å². The largest absolute Gasteiger partial charge is 0.371 e. The summed E-state index contributed by atoms with van der Waals surface area (Å²) < 4.78 is 0. The predicted octanol–water partition coefficient (Wildman–Crippen LogP) is 6.48. The molecule has 0 heterocycles. The molecule has 5 heteroatoms. The molecule has 2 aromatic carbocycles. The van der Waals surface area contributed by atoms with Crippen LogP contribution in [-0.2, 0) is 0 Å². The molecule has 0 amide bonds. The van der Waals surface area contributed by atoms with Crippen molar-refractivity contribution in [3.8, 4) is 0 Å². The van der Waals surface area contributed by atoms with E-state index in [0.717, 1.165) is 48.0 Å². The Morgan fingerprint density at radius 2 is 1.22 bits per heavy atom. The number of anilines is 1. The molecular formula is C18H21Br2N3. The molecule has 23 heavy (non-hydrogen) atoms. The van der Waals surface area contributed by atoms with Crippen LogP contribution in [0.25, 0.3) is 0 Å². The third kappa shape index (κ3) is 6.43. The molecule has 0 atom stereocenters. The van der Waals surface area contributed by atoms with Crippen molar-refractivity contribution >= 4 is 48.9 Å². The Kier molecular flexibility index (Phi) is 8.32. The van der Waals surface area contributed by atoms with Crippen LogP contribution in [0.3, 0.4) is 0 Å². The van der Waals surface area contributed by atoms with E-state index in [1.54, 1.807) is 0 Å². The summed E-state index contributed by atoms with van der Waals surface area (Å²) in [6.45, 7) is 2.12. The maximum Gasteiger partial charge on any atom is 0.0858 e. The second kappa shape index (κ2) is 10.6. The third-order valence-electron chi connectivity index (χ3n) is 3.38. The van der Waals surface area contributed by atoms with Crippen LogP contribution < -0.4 is 4.90 Å². The number of rotatable bonds is 9. The van der Waals surface area contributed by atoms with Gasteiger partial charge in [0.2, 0.25) is 0 Å². The number of azo groups is 1. The van der Waals surface area contributed by atoms with Crippen molar-refractivity contribution in [1.29, 1.82) is 0 Å². The molecule has 0 bridgehead atoms. The average Bonchev–Trinajstić information content (AvgIpc) is 2.62. The summed E-state index contributed by atoms with van der Waals surface area (Å²) >= 11 is 7.02. The van der Waals surface area contributed by atoms with Gasteiger partial charge in [-0.15, -0.1) is 0 Å². The quantitative estimate of drug-likeness (QED) is 0.325. The number of nitrogens with zero attached hydrogens (tertiary/aromatic N) is 3. The highest BCUT2D eigenvalue weighted by Crippen LogP contribution is 2.22. The summed E-state index contributed by atoms with van der Waals surface area (Å²) in [7, 11) is 0. The Labute approximate surface area is 155 Å². The molecule has 0 saturated heterocycles. The zero-order valence-electron chi connectivity index (χ0n) is 13.0. The monoisotopic (exact) mass is 437 g/mol. The first kappa shape index (κ1) is 18.1. The molecule has 0 aliphatic carbocycles. The average molecular weight is 439 g/mol. The van der Waals surface area contributed by atoms with E-state index in [4.69, 9.17) is 0 Å². The van der Waals surface area contributed by atoms with E-state index in [-0.39, 0.29) is 0 Å². The van der Waals surface area contributed by atoms with E-state index in [9.17, 15) is 0 Å². The zero-order chi connectivity index (χ0) is 16.3. The fourth-order valence-electron chi connectivity index (χ4n) is 2.21. The summed E-state index contributed by atoms with van der Waals surface area (Å²) in [5, 5.41) is 10.6. The molecule has 0 unspecified atom stereocenters. The van der Waals surface area contributed by atoms with Gasteiger partial charge in [-0.05, 0) is 49.2 Å². The van der Waals surface area contributed by atoms with Gasteiger partial charge in [0.25, 0.3) is 0 Å². The standard InChI is InChI=1S/C18H21Br2N3/c19-12-4-14-23(15-5-13-20)18-10-8-17(9-11-18)22-21-16-6-2-1-3-7-16/h1-3,6-11H,4-5,12-15H2. The van der Waals surface area contributed by atoms with Crippen molar-refractivity contribution < 1.29 is 0 Å². The van der Waals surface area contributed by atoms with Gasteiger partial charge in [-0.3, -0.25) is 0 Å². The smallest absolute Gasteiger partial charge is 0.0858 e. The van der Waals surface area contributed by atoms with E-state index >= 15 is 0 Å². The van der Waals surface area contributed by atoms with Gasteiger partial charge in [-0.1, -0.05) is 50.1 Å². The molecule has 0 fully saturated rings. The van der Waals surface area contributed by atoms with E-state index in [2.05, 4.69) is 59.1 Å². The molecule has 0 aromatic heterocycles. The van der Waals surface area contributed by atoms with Crippen molar-refractivity contribution in [2.24, 2.45) is 10.2 Å². The van der Waals surface area contributed by atoms with Crippen LogP contribution >= 0.6 is 31.9 Å². The maximum atomic E-state index is 4.29. The van der Waals surface area contributed by atoms with Crippen molar-refractivity contribution in [2.75, 3.05) is 28.6 Å². The highest BCUT2D eigenvalue weighted by Gasteiger charge is 2.05. The number of hydrogen-bond acceptors (Lipinski definition) is 3. The lowest BCUT2D eigenvalue weighted by Gasteiger charge is -2.24. The molecule has 0 aliphatic heterocycles. The third-order valence-corrected chi connectivity index (χ3v) is 4.50. The summed E-state index contributed by atoms with van der Waals surface area (Å²) in [5.41, 5.74) is 2.98. The van der Waals surface area contributed by atoms with Crippen LogP contribution in [0.5, 0.6) is 0 Å². The van der Waals surface area contributed by atoms with E-state index in [1.165, 1.54) is 5.69 Å². The van der Waals surface area contributed by atoms with Crippen LogP contribution in [0.1, 0.15) is 12.8 Å². The Morgan fingerprint density at radius 1 is 0.696 bits per heavy atom. The fraction of sp³-hybridized carbons (Fsp3) is 0.333. The fourth-order valence-corrected chi connectivity index (χ4v) is 2.71. The second-order valence-corrected chi connectivity index (χ2v) is 6.71. The lowest BCUT2D eigenvalue weighted by atomic mass is 10.2. The highest BCUT2D eigenvalue weighted by molar-refractivity contribution is 9.09. The van der Waals surface area contributed by atoms with Gasteiger partial charge in [0, 0.05) is 29.4 Å². The van der Waals surface area contributed by atoms with Gasteiger partial charge in [0.05, 0.1) is 11.4 Å². The highest BCUT2D eigenvalue weighted by atomic mass is 79.9. The minimum Gasteiger partial charge on any atom is -0.371 e. The summed E-state index contributed by atoms with van der Waals surface area (Å²) in [6.07, 6.45) is 2.27. The van der Waals surface area contributed by atoms with Crippen molar-refractivity contribution in [2.45, 2.75) is 12.8 Å². The normalized spacial score (nSPS) is 11.0. The van der Waals surface area contributed by atoms with Crippen LogP contribution in [0.15, 0.2) is 64.8 Å². The lowest BCUT2D eigenvalue weighted by molar-refractivity contribution is 0.755. The molecule has 0 radical (unpaired) electrons. The van der Waals surface area contributed by atoms with Gasteiger partial charge < -0.3 is 4.90 Å². The second-order valence-electron chi connectivity index (χ2n) is 5.12. The molecule has 2 rings (SSSR count). The van der Waals surface area contributed by atoms with Crippen LogP contribution in [0, 0.1) is 0 Å². The topological polar surface area (TPSA) is 28.0 Å². The summed E-state index contributed by atoms with van der Waals surface area (Å²) in [4.78, 5) is 2.42. The molecule has 122 valence electrons. The number of benzene rings is 2. The van der Waals surface area contributed by atoms with E-state index in [1.807, 2.05) is 42.5 Å². The Morgan fingerprint density at radius 3 is 1.74 bits per heavy atom. The number of hydrogen-bond donors (Lipinski definition) is 0. The van der Waals surface area contributed by atoms with Crippen LogP contribution in [-0.4, -0.2) is 23.7 Å². The molecular weight excluding hydrogens is 418 g/mol. The summed E-state index contributed by atoms with van der Waals surface area (Å²) in [6, 6.07) is 18.1. The minimum atomic E-state index is 0.868. The summed E-state index contributed by atoms with van der Waals surface area (Å²) in [5.74, 6) is 0. The van der Waals surface area contributed by atoms with E-state index < -0.39 is 0 Å². The molecule has 2 aromatic rings. The van der Waals surface area contributed by atoms with Crippen LogP contribution in [0.2, 0.25) is 0 Å². The maximum absolute atomic E-state index is 4.29. The molecule has 0 N–H and O–H groups in total. The first-order valence-corrected chi connectivity index (χ1v) is 10.0. The molecule has 0 saturated carbocycles. The van der Waals surface area contributed by atoms with Gasteiger partial charge in [-0.25, -0.2) is 0 Å². The SMILES string of the molecule is BrCCCN(CCCBr)c1ccc(N=Nc2ccccc2)cc1. The van der Waals surface area contributed by atoms with Gasteiger partial charge in [0.15, 0.2) is 0 Å². The Hall–Kier alpha value is -1.20. The molecule has 3 nitrogen and oxygen atoms in total. The van der Waals surface area contributed by atoms with Crippen molar-refractivity contribution in [3.05, 3.63) is 54.6 Å². The Bertz CT molecular complexity index is 577. The zero-order valence-corrected chi connectivity index (χ0v) is 16.2. The lowest BCUT2D eigenvalue weighted by Crippen LogP contribution is -2.26. The van der Waals surface area contributed by atoms with Gasteiger partial charge in [-0.2, -0.15) is 10.2 Å². The predicted molar refractivity (Wildman–Crippen MR) is 106 cm³/mol. The molecule has 0 aliphatic rings. The van der Waals surface area contributed by atoms with Gasteiger partial charge in [0.1, 0.15) is 0 Å². The minimum absolute atomic E-state index is 0.868. The van der Waals surface area contributed by atoms with Crippen molar-refractivity contribution in [1.82, 2.24) is 0 Å². The van der Waals surface area contributed by atoms with Crippen molar-refractivity contribution in [3.63, 3.8) is 0 Å².